The van der Waals surface area contributed by atoms with Crippen molar-refractivity contribution in [1.29, 1.82) is 0 Å². The van der Waals surface area contributed by atoms with E-state index >= 15 is 0 Å². The average molecular weight is 536 g/mol. The van der Waals surface area contributed by atoms with E-state index in [1.165, 1.54) is 25.3 Å². The molecule has 0 bridgehead atoms. The van der Waals surface area contributed by atoms with E-state index in [1.54, 1.807) is 60.7 Å². The first-order valence-electron chi connectivity index (χ1n) is 8.48. The molecule has 0 aromatic heterocycles. The van der Waals surface area contributed by atoms with Crippen LogP contribution in [0.2, 0.25) is 0 Å². The van der Waals surface area contributed by atoms with Gasteiger partial charge < -0.3 is 4.74 Å². The number of halogens is 2. The lowest BCUT2D eigenvalue weighted by Gasteiger charge is -2.10. The molecule has 0 radical (unpaired) electrons. The second-order valence-electron chi connectivity index (χ2n) is 6.08. The van der Waals surface area contributed by atoms with Crippen LogP contribution >= 0.6 is 31.9 Å². The Bertz CT molecular complexity index is 1150. The number of carbonyl (C=O) groups excluding carboxylic acids is 1. The Morgan fingerprint density at radius 1 is 0.828 bits per heavy atom. The van der Waals surface area contributed by atoms with Crippen molar-refractivity contribution in [3.05, 3.63) is 97.8 Å². The number of carbonyl (C=O) groups is 1. The summed E-state index contributed by atoms with van der Waals surface area (Å²) in [5.41, 5.74) is 0.888. The molecule has 0 fully saturated rings. The van der Waals surface area contributed by atoms with Crippen LogP contribution < -0.4 is 4.74 Å². The number of rotatable bonds is 6. The largest absolute Gasteiger partial charge is 0.497 e. The van der Waals surface area contributed by atoms with Gasteiger partial charge in [0.25, 0.3) is 0 Å². The van der Waals surface area contributed by atoms with Crippen LogP contribution in [0.4, 0.5) is 0 Å². The van der Waals surface area contributed by atoms with Crippen LogP contribution in [0.1, 0.15) is 15.9 Å². The molecule has 0 amide bonds. The second kappa shape index (κ2) is 9.07. The number of methoxy groups -OCH3 is 1. The van der Waals surface area contributed by atoms with Crippen LogP contribution in [0.5, 0.6) is 5.75 Å². The summed E-state index contributed by atoms with van der Waals surface area (Å²) >= 11 is 6.67. The van der Waals surface area contributed by atoms with E-state index in [9.17, 15) is 13.2 Å². The zero-order chi connectivity index (χ0) is 21.0. The normalized spacial score (nSPS) is 11.9. The molecule has 3 aromatic rings. The van der Waals surface area contributed by atoms with Crippen molar-refractivity contribution < 1.29 is 17.9 Å². The van der Waals surface area contributed by atoms with Gasteiger partial charge in [0.2, 0.25) is 15.6 Å². The van der Waals surface area contributed by atoms with E-state index in [4.69, 9.17) is 4.74 Å². The third kappa shape index (κ3) is 5.04. The average Bonchev–Trinajstić information content (AvgIpc) is 2.73. The molecule has 148 valence electrons. The minimum absolute atomic E-state index is 0.0205. The minimum atomic E-state index is -4.06. The molecular formula is C22H16Br2O4S. The van der Waals surface area contributed by atoms with E-state index < -0.39 is 15.6 Å². The van der Waals surface area contributed by atoms with Crippen molar-refractivity contribution >= 4 is 53.6 Å². The summed E-state index contributed by atoms with van der Waals surface area (Å²) in [5, 5.41) is 0. The van der Waals surface area contributed by atoms with Gasteiger partial charge in [0.1, 0.15) is 10.7 Å². The Morgan fingerprint density at radius 3 is 1.86 bits per heavy atom. The van der Waals surface area contributed by atoms with E-state index in [2.05, 4.69) is 31.9 Å². The lowest BCUT2D eigenvalue weighted by molar-refractivity contribution is 0.104. The lowest BCUT2D eigenvalue weighted by atomic mass is 10.1. The van der Waals surface area contributed by atoms with Gasteiger partial charge in [0.05, 0.1) is 12.0 Å². The zero-order valence-electron chi connectivity index (χ0n) is 15.3. The quantitative estimate of drug-likeness (QED) is 0.290. The number of sulfone groups is 1. The van der Waals surface area contributed by atoms with Gasteiger partial charge in [-0.2, -0.15) is 0 Å². The van der Waals surface area contributed by atoms with Gasteiger partial charge in [-0.1, -0.05) is 44.0 Å². The van der Waals surface area contributed by atoms with Crippen LogP contribution in [0.15, 0.2) is 91.5 Å². The van der Waals surface area contributed by atoms with Crippen LogP contribution in [0, 0.1) is 0 Å². The number of ketones is 1. The van der Waals surface area contributed by atoms with Crippen LogP contribution in [0.25, 0.3) is 6.08 Å². The molecule has 0 saturated carbocycles. The highest BCUT2D eigenvalue weighted by Crippen LogP contribution is 2.27. The maximum Gasteiger partial charge on any atom is 0.210 e. The molecule has 0 aliphatic rings. The lowest BCUT2D eigenvalue weighted by Crippen LogP contribution is -2.14. The number of benzene rings is 3. The molecule has 0 unspecified atom stereocenters. The van der Waals surface area contributed by atoms with Gasteiger partial charge in [-0.05, 0) is 72.3 Å². The van der Waals surface area contributed by atoms with Crippen molar-refractivity contribution in [1.82, 2.24) is 0 Å². The molecule has 3 rings (SSSR count). The fraction of sp³-hybridized carbons (Fsp3) is 0.0455. The van der Waals surface area contributed by atoms with Gasteiger partial charge in [0, 0.05) is 14.5 Å². The van der Waals surface area contributed by atoms with Crippen molar-refractivity contribution in [3.8, 4) is 5.75 Å². The highest BCUT2D eigenvalue weighted by Gasteiger charge is 2.28. The number of hydrogen-bond acceptors (Lipinski definition) is 4. The molecule has 0 spiro atoms. The molecule has 0 aliphatic heterocycles. The van der Waals surface area contributed by atoms with Gasteiger partial charge >= 0.3 is 0 Å². The summed E-state index contributed by atoms with van der Waals surface area (Å²) in [7, 11) is -2.56. The van der Waals surface area contributed by atoms with Gasteiger partial charge in [-0.3, -0.25) is 4.79 Å². The topological polar surface area (TPSA) is 60.4 Å². The Kier molecular flexibility index (Phi) is 6.72. The van der Waals surface area contributed by atoms with E-state index in [0.717, 1.165) is 8.95 Å². The summed E-state index contributed by atoms with van der Waals surface area (Å²) in [5.74, 6) is -0.0436. The van der Waals surface area contributed by atoms with E-state index in [1.807, 2.05) is 0 Å². The Hall–Kier alpha value is -2.22. The standard InChI is InChI=1S/C22H16Br2O4S/c1-28-19-10-12-20(13-11-19)29(26,27)21(14-15-2-6-17(23)7-3-15)22(25)16-4-8-18(24)9-5-16/h2-14H,1H3/b21-14+. The monoisotopic (exact) mass is 534 g/mol. The summed E-state index contributed by atoms with van der Waals surface area (Å²) in [6.45, 7) is 0. The molecule has 0 saturated heterocycles. The predicted molar refractivity (Wildman–Crippen MR) is 121 cm³/mol. The fourth-order valence-electron chi connectivity index (χ4n) is 2.60. The second-order valence-corrected chi connectivity index (χ2v) is 9.82. The third-order valence-corrected chi connectivity index (χ3v) is 6.99. The number of Topliss-reactive ketones (excluding diaryl/α,β-unsaturated/α-hetero) is 1. The summed E-state index contributed by atoms with van der Waals surface area (Å²) in [6.07, 6.45) is 1.40. The third-order valence-electron chi connectivity index (χ3n) is 4.16. The fourth-order valence-corrected chi connectivity index (χ4v) is 4.53. The molecule has 0 atom stereocenters. The smallest absolute Gasteiger partial charge is 0.210 e. The Labute approximate surface area is 186 Å². The van der Waals surface area contributed by atoms with Gasteiger partial charge in [-0.25, -0.2) is 8.42 Å². The van der Waals surface area contributed by atoms with Crippen LogP contribution in [-0.2, 0) is 9.84 Å². The first kappa shape index (κ1) is 21.5. The molecule has 29 heavy (non-hydrogen) atoms. The summed E-state index contributed by atoms with van der Waals surface area (Å²) < 4.78 is 33.4. The van der Waals surface area contributed by atoms with Crippen LogP contribution in [0.3, 0.4) is 0 Å². The summed E-state index contributed by atoms with van der Waals surface area (Å²) in [6, 6.07) is 19.6. The molecule has 4 nitrogen and oxygen atoms in total. The van der Waals surface area contributed by atoms with E-state index in [-0.39, 0.29) is 15.4 Å². The van der Waals surface area contributed by atoms with E-state index in [0.29, 0.717) is 11.3 Å². The summed E-state index contributed by atoms with van der Waals surface area (Å²) in [4.78, 5) is 12.9. The minimum Gasteiger partial charge on any atom is -0.497 e. The SMILES string of the molecule is COc1ccc(S(=O)(=O)/C(=C/c2ccc(Br)cc2)C(=O)c2ccc(Br)cc2)cc1. The number of ether oxygens (including phenoxy) is 1. The molecule has 0 N–H and O–H groups in total. The molecular weight excluding hydrogens is 520 g/mol. The van der Waals surface area contributed by atoms with Crippen molar-refractivity contribution in [2.24, 2.45) is 0 Å². The van der Waals surface area contributed by atoms with Crippen LogP contribution in [-0.4, -0.2) is 21.3 Å². The highest BCUT2D eigenvalue weighted by molar-refractivity contribution is 9.10. The Morgan fingerprint density at radius 2 is 1.34 bits per heavy atom. The van der Waals surface area contributed by atoms with Crippen molar-refractivity contribution in [3.63, 3.8) is 0 Å². The van der Waals surface area contributed by atoms with Crippen molar-refractivity contribution in [2.75, 3.05) is 7.11 Å². The maximum absolute atomic E-state index is 13.3. The predicted octanol–water partition coefficient (Wildman–Crippen LogP) is 5.92. The zero-order valence-corrected chi connectivity index (χ0v) is 19.3. The van der Waals surface area contributed by atoms with Crippen molar-refractivity contribution in [2.45, 2.75) is 4.90 Å². The molecule has 3 aromatic carbocycles. The molecule has 0 aliphatic carbocycles. The molecule has 0 heterocycles. The molecule has 7 heteroatoms. The van der Waals surface area contributed by atoms with Gasteiger partial charge in [0.15, 0.2) is 0 Å². The van der Waals surface area contributed by atoms with Gasteiger partial charge in [-0.15, -0.1) is 0 Å². The number of allylic oxidation sites excluding steroid dienone is 1. The first-order chi connectivity index (χ1) is 13.8. The Balaban J connectivity index is 2.14. The highest BCUT2D eigenvalue weighted by atomic mass is 79.9. The number of hydrogen-bond donors (Lipinski definition) is 0. The first-order valence-corrected chi connectivity index (χ1v) is 11.5. The maximum atomic E-state index is 13.3.